The van der Waals surface area contributed by atoms with Crippen LogP contribution in [0.15, 0.2) is 102 Å². The summed E-state index contributed by atoms with van der Waals surface area (Å²) in [6.07, 6.45) is 0.404. The molecule has 6 rings (SSSR count). The number of ether oxygens (including phenoxy) is 3. The molecule has 0 bridgehead atoms. The Bertz CT molecular complexity index is 1410. The Morgan fingerprint density at radius 2 is 1.62 bits per heavy atom. The number of fused-ring (bicyclic) bond motifs is 3. The van der Waals surface area contributed by atoms with Crippen LogP contribution in [0.1, 0.15) is 47.9 Å². The van der Waals surface area contributed by atoms with Crippen molar-refractivity contribution in [2.24, 2.45) is 5.10 Å². The predicted octanol–water partition coefficient (Wildman–Crippen LogP) is 7.56. The van der Waals surface area contributed by atoms with Crippen molar-refractivity contribution in [1.82, 2.24) is 5.01 Å². The molecular weight excluding hydrogens is 484 g/mol. The molecule has 0 spiro atoms. The highest BCUT2D eigenvalue weighted by atomic mass is 35.5. The van der Waals surface area contributed by atoms with E-state index in [9.17, 15) is 0 Å². The van der Waals surface area contributed by atoms with Gasteiger partial charge in [-0.05, 0) is 84.8 Å². The van der Waals surface area contributed by atoms with Gasteiger partial charge in [0.15, 0.2) is 0 Å². The van der Waals surface area contributed by atoms with E-state index in [1.807, 2.05) is 79.7 Å². The maximum atomic E-state index is 6.49. The van der Waals surface area contributed by atoms with Crippen LogP contribution in [0.2, 0.25) is 5.02 Å². The van der Waals surface area contributed by atoms with Crippen molar-refractivity contribution in [3.05, 3.63) is 124 Å². The van der Waals surface area contributed by atoms with E-state index in [0.717, 1.165) is 51.6 Å². The normalized spacial score (nSPS) is 17.9. The molecule has 0 aromatic heterocycles. The Morgan fingerprint density at radius 1 is 0.892 bits per heavy atom. The summed E-state index contributed by atoms with van der Waals surface area (Å²) in [7, 11) is 0. The zero-order valence-electron chi connectivity index (χ0n) is 20.5. The Balaban J connectivity index is 1.28. The maximum Gasteiger partial charge on any atom is 0.213 e. The first-order valence-electron chi connectivity index (χ1n) is 12.5. The van der Waals surface area contributed by atoms with E-state index in [1.54, 1.807) is 0 Å². The lowest BCUT2D eigenvalue weighted by atomic mass is 9.96. The van der Waals surface area contributed by atoms with Gasteiger partial charge in [-0.2, -0.15) is 5.10 Å². The average Bonchev–Trinajstić information content (AvgIpc) is 3.39. The predicted molar refractivity (Wildman–Crippen MR) is 145 cm³/mol. The Kier molecular flexibility index (Phi) is 6.46. The van der Waals surface area contributed by atoms with E-state index in [-0.39, 0.29) is 12.3 Å². The van der Waals surface area contributed by atoms with Crippen molar-refractivity contribution < 1.29 is 14.2 Å². The largest absolute Gasteiger partial charge is 0.494 e. The zero-order valence-corrected chi connectivity index (χ0v) is 21.3. The van der Waals surface area contributed by atoms with Crippen LogP contribution in [0.4, 0.5) is 0 Å². The summed E-state index contributed by atoms with van der Waals surface area (Å²) in [4.78, 5) is 0. The number of hydrazone groups is 1. The number of hydrogen-bond acceptors (Lipinski definition) is 5. The lowest BCUT2D eigenvalue weighted by molar-refractivity contribution is -0.0190. The monoisotopic (exact) mass is 510 g/mol. The van der Waals surface area contributed by atoms with Crippen LogP contribution in [-0.4, -0.2) is 17.3 Å². The van der Waals surface area contributed by atoms with Gasteiger partial charge in [0, 0.05) is 22.6 Å². The molecule has 5 nitrogen and oxygen atoms in total. The van der Waals surface area contributed by atoms with Crippen molar-refractivity contribution in [3.63, 3.8) is 0 Å². The molecule has 0 saturated carbocycles. The summed E-state index contributed by atoms with van der Waals surface area (Å²) in [6, 6.07) is 32.2. The second kappa shape index (κ2) is 10.2. The molecular formula is C31H27ClN2O3. The van der Waals surface area contributed by atoms with Crippen LogP contribution in [0, 0.1) is 0 Å². The van der Waals surface area contributed by atoms with E-state index in [1.165, 1.54) is 0 Å². The number of halogens is 1. The number of benzene rings is 4. The van der Waals surface area contributed by atoms with Crippen LogP contribution in [-0.2, 0) is 6.61 Å². The summed E-state index contributed by atoms with van der Waals surface area (Å²) in [5.41, 5.74) is 5.28. The highest BCUT2D eigenvalue weighted by Gasteiger charge is 2.41. The van der Waals surface area contributed by atoms with Gasteiger partial charge in [-0.3, -0.25) is 0 Å². The lowest BCUT2D eigenvalue weighted by Gasteiger charge is -2.38. The molecule has 0 amide bonds. The summed E-state index contributed by atoms with van der Waals surface area (Å²) in [6.45, 7) is 3.15. The Labute approximate surface area is 221 Å². The first kappa shape index (κ1) is 23.4. The summed E-state index contributed by atoms with van der Waals surface area (Å²) in [5, 5.41) is 7.80. The fraction of sp³-hybridized carbons (Fsp3) is 0.194. The quantitative estimate of drug-likeness (QED) is 0.257. The Hall–Kier alpha value is -3.96. The minimum absolute atomic E-state index is 0.0306. The molecule has 37 heavy (non-hydrogen) atoms. The Morgan fingerprint density at radius 3 is 2.38 bits per heavy atom. The van der Waals surface area contributed by atoms with Gasteiger partial charge in [0.2, 0.25) is 6.23 Å². The van der Waals surface area contributed by atoms with Gasteiger partial charge in [-0.1, -0.05) is 41.9 Å². The van der Waals surface area contributed by atoms with Crippen molar-refractivity contribution in [2.75, 3.05) is 6.61 Å². The van der Waals surface area contributed by atoms with Gasteiger partial charge in [-0.15, -0.1) is 0 Å². The number of nitrogens with zero attached hydrogens (tertiary/aromatic N) is 2. The van der Waals surface area contributed by atoms with Gasteiger partial charge in [-0.25, -0.2) is 5.01 Å². The maximum absolute atomic E-state index is 6.49. The molecule has 0 unspecified atom stereocenters. The third-order valence-corrected chi connectivity index (χ3v) is 6.90. The third kappa shape index (κ3) is 4.87. The van der Waals surface area contributed by atoms with E-state index >= 15 is 0 Å². The van der Waals surface area contributed by atoms with Gasteiger partial charge in [0.1, 0.15) is 23.9 Å². The molecule has 4 aromatic carbocycles. The number of hydrogen-bond donors (Lipinski definition) is 0. The van der Waals surface area contributed by atoms with Gasteiger partial charge in [0.05, 0.1) is 18.4 Å². The lowest BCUT2D eigenvalue weighted by Crippen LogP contribution is -2.33. The molecule has 0 aliphatic carbocycles. The van der Waals surface area contributed by atoms with Crippen LogP contribution in [0.5, 0.6) is 17.2 Å². The smallest absolute Gasteiger partial charge is 0.213 e. The average molecular weight is 511 g/mol. The highest BCUT2D eigenvalue weighted by molar-refractivity contribution is 6.30. The van der Waals surface area contributed by atoms with Gasteiger partial charge >= 0.3 is 0 Å². The fourth-order valence-corrected chi connectivity index (χ4v) is 5.01. The van der Waals surface area contributed by atoms with E-state index in [4.69, 9.17) is 30.9 Å². The zero-order chi connectivity index (χ0) is 25.2. The molecule has 186 valence electrons. The summed E-state index contributed by atoms with van der Waals surface area (Å²) >= 11 is 6.37. The SMILES string of the molecule is CCOc1ccc(C2=NN3[C@H](C2)c2cc(Cl)ccc2O[C@H]3c2ccc(OCc3ccccc3)cc2)cc1. The minimum Gasteiger partial charge on any atom is -0.494 e. The topological polar surface area (TPSA) is 43.3 Å². The van der Waals surface area contributed by atoms with Crippen molar-refractivity contribution >= 4 is 17.3 Å². The molecule has 4 aromatic rings. The highest BCUT2D eigenvalue weighted by Crippen LogP contribution is 2.48. The summed E-state index contributed by atoms with van der Waals surface area (Å²) in [5.74, 6) is 2.51. The van der Waals surface area contributed by atoms with Crippen LogP contribution in [0.3, 0.4) is 0 Å². The first-order valence-corrected chi connectivity index (χ1v) is 12.9. The molecule has 2 aliphatic heterocycles. The second-order valence-corrected chi connectivity index (χ2v) is 9.54. The van der Waals surface area contributed by atoms with Crippen LogP contribution < -0.4 is 14.2 Å². The summed E-state index contributed by atoms with van der Waals surface area (Å²) < 4.78 is 18.1. The second-order valence-electron chi connectivity index (χ2n) is 9.10. The van der Waals surface area contributed by atoms with Crippen molar-refractivity contribution in [2.45, 2.75) is 32.2 Å². The van der Waals surface area contributed by atoms with Crippen molar-refractivity contribution in [3.8, 4) is 17.2 Å². The molecule has 0 N–H and O–H groups in total. The van der Waals surface area contributed by atoms with Crippen molar-refractivity contribution in [1.29, 1.82) is 0 Å². The minimum atomic E-state index is -0.359. The van der Waals surface area contributed by atoms with Gasteiger partial charge < -0.3 is 14.2 Å². The van der Waals surface area contributed by atoms with Gasteiger partial charge in [0.25, 0.3) is 0 Å². The van der Waals surface area contributed by atoms with E-state index in [0.29, 0.717) is 18.2 Å². The standard InChI is InChI=1S/C31H27ClN2O3/c1-2-35-25-13-8-22(9-14-25)28-19-29-27-18-24(32)12-17-30(27)37-31(34(29)33-28)23-10-15-26(16-11-23)36-20-21-6-4-3-5-7-21/h3-18,29,31H,2,19-20H2,1H3/t29-,31+/m1/s1. The molecule has 2 aliphatic rings. The fourth-order valence-electron chi connectivity index (χ4n) is 4.83. The van der Waals surface area contributed by atoms with E-state index < -0.39 is 0 Å². The molecule has 0 saturated heterocycles. The molecule has 2 atom stereocenters. The van der Waals surface area contributed by atoms with E-state index in [2.05, 4.69) is 29.3 Å². The van der Waals surface area contributed by atoms with Crippen LogP contribution >= 0.6 is 11.6 Å². The molecule has 6 heteroatoms. The molecule has 0 fully saturated rings. The van der Waals surface area contributed by atoms with Crippen LogP contribution in [0.25, 0.3) is 0 Å². The number of rotatable bonds is 7. The molecule has 0 radical (unpaired) electrons. The first-order chi connectivity index (χ1) is 18.2. The third-order valence-electron chi connectivity index (χ3n) is 6.66. The molecule has 2 heterocycles.